The SMILES string of the molecule is Cl.Cn1nc(CC(=O)NC(CN)C2CCCCC2)c2ccccc2c1=O. The molecule has 1 aliphatic rings. The summed E-state index contributed by atoms with van der Waals surface area (Å²) in [5, 5.41) is 8.72. The molecule has 1 saturated carbocycles. The van der Waals surface area contributed by atoms with E-state index in [-0.39, 0.29) is 36.3 Å². The highest BCUT2D eigenvalue weighted by Gasteiger charge is 2.24. The van der Waals surface area contributed by atoms with Crippen molar-refractivity contribution in [3.05, 3.63) is 40.3 Å². The van der Waals surface area contributed by atoms with Crippen LogP contribution in [0.3, 0.4) is 0 Å². The predicted molar refractivity (Wildman–Crippen MR) is 105 cm³/mol. The fourth-order valence-electron chi connectivity index (χ4n) is 3.82. The molecular formula is C19H27ClN4O2. The highest BCUT2D eigenvalue weighted by Crippen LogP contribution is 2.26. The predicted octanol–water partition coefficient (Wildman–Crippen LogP) is 1.92. The minimum Gasteiger partial charge on any atom is -0.351 e. The second kappa shape index (κ2) is 9.14. The van der Waals surface area contributed by atoms with Gasteiger partial charge in [0.15, 0.2) is 0 Å². The van der Waals surface area contributed by atoms with Gasteiger partial charge in [-0.15, -0.1) is 12.4 Å². The molecule has 142 valence electrons. The number of hydrogen-bond acceptors (Lipinski definition) is 4. The van der Waals surface area contributed by atoms with Crippen molar-refractivity contribution in [1.82, 2.24) is 15.1 Å². The molecule has 1 unspecified atom stereocenters. The number of aryl methyl sites for hydroxylation is 1. The Morgan fingerprint density at radius 1 is 1.27 bits per heavy atom. The van der Waals surface area contributed by atoms with Crippen LogP contribution < -0.4 is 16.6 Å². The number of amides is 1. The van der Waals surface area contributed by atoms with Gasteiger partial charge in [-0.05, 0) is 24.8 Å². The van der Waals surface area contributed by atoms with Crippen molar-refractivity contribution in [3.8, 4) is 0 Å². The van der Waals surface area contributed by atoms with Crippen molar-refractivity contribution in [2.75, 3.05) is 6.54 Å². The van der Waals surface area contributed by atoms with Crippen molar-refractivity contribution in [1.29, 1.82) is 0 Å². The molecule has 0 bridgehead atoms. The van der Waals surface area contributed by atoms with Crippen LogP contribution in [0.5, 0.6) is 0 Å². The Hall–Kier alpha value is -1.92. The van der Waals surface area contributed by atoms with Crippen LogP contribution in [0.2, 0.25) is 0 Å². The number of benzene rings is 1. The number of fused-ring (bicyclic) bond motifs is 1. The number of nitrogens with zero attached hydrogens (tertiary/aromatic N) is 2. The van der Waals surface area contributed by atoms with E-state index in [1.807, 2.05) is 18.2 Å². The first-order chi connectivity index (χ1) is 12.1. The minimum absolute atomic E-state index is 0. The Balaban J connectivity index is 0.00000243. The lowest BCUT2D eigenvalue weighted by atomic mass is 9.84. The lowest BCUT2D eigenvalue weighted by molar-refractivity contribution is -0.121. The lowest BCUT2D eigenvalue weighted by Gasteiger charge is -2.30. The van der Waals surface area contributed by atoms with E-state index in [0.717, 1.165) is 18.2 Å². The fraction of sp³-hybridized carbons (Fsp3) is 0.526. The van der Waals surface area contributed by atoms with Crippen LogP contribution in [0.25, 0.3) is 10.8 Å². The van der Waals surface area contributed by atoms with Gasteiger partial charge in [-0.25, -0.2) is 4.68 Å². The lowest BCUT2D eigenvalue weighted by Crippen LogP contribution is -2.46. The fourth-order valence-corrected chi connectivity index (χ4v) is 3.82. The third-order valence-corrected chi connectivity index (χ3v) is 5.18. The minimum atomic E-state index is -0.151. The van der Waals surface area contributed by atoms with Crippen molar-refractivity contribution >= 4 is 29.1 Å². The number of nitrogens with one attached hydrogen (secondary N) is 1. The van der Waals surface area contributed by atoms with Crippen LogP contribution in [0, 0.1) is 5.92 Å². The molecule has 1 aromatic carbocycles. The number of hydrogen-bond donors (Lipinski definition) is 2. The zero-order valence-electron chi connectivity index (χ0n) is 15.1. The molecule has 2 aromatic rings. The Kier molecular flexibility index (Phi) is 7.17. The number of carbonyl (C=O) groups is 1. The maximum Gasteiger partial charge on any atom is 0.274 e. The van der Waals surface area contributed by atoms with Gasteiger partial charge in [-0.2, -0.15) is 5.10 Å². The monoisotopic (exact) mass is 378 g/mol. The molecule has 1 aromatic heterocycles. The molecule has 1 heterocycles. The first kappa shape index (κ1) is 20.4. The van der Waals surface area contributed by atoms with Gasteiger partial charge < -0.3 is 11.1 Å². The summed E-state index contributed by atoms with van der Waals surface area (Å²) in [6.45, 7) is 0.456. The maximum absolute atomic E-state index is 12.6. The van der Waals surface area contributed by atoms with Gasteiger partial charge in [0.2, 0.25) is 5.91 Å². The molecule has 1 fully saturated rings. The molecule has 6 nitrogen and oxygen atoms in total. The van der Waals surface area contributed by atoms with Crippen LogP contribution in [-0.2, 0) is 18.3 Å². The van der Waals surface area contributed by atoms with Gasteiger partial charge >= 0.3 is 0 Å². The smallest absolute Gasteiger partial charge is 0.274 e. The summed E-state index contributed by atoms with van der Waals surface area (Å²) < 4.78 is 1.30. The van der Waals surface area contributed by atoms with E-state index in [4.69, 9.17) is 5.73 Å². The van der Waals surface area contributed by atoms with E-state index >= 15 is 0 Å². The molecule has 0 aliphatic heterocycles. The van der Waals surface area contributed by atoms with Gasteiger partial charge in [0.05, 0.1) is 17.5 Å². The molecule has 3 N–H and O–H groups in total. The van der Waals surface area contributed by atoms with Gasteiger partial charge in [0.25, 0.3) is 5.56 Å². The first-order valence-corrected chi connectivity index (χ1v) is 9.04. The van der Waals surface area contributed by atoms with E-state index in [9.17, 15) is 9.59 Å². The zero-order valence-corrected chi connectivity index (χ0v) is 15.9. The molecule has 3 rings (SSSR count). The third-order valence-electron chi connectivity index (χ3n) is 5.18. The Labute approximate surface area is 159 Å². The van der Waals surface area contributed by atoms with Crippen LogP contribution in [0.15, 0.2) is 29.1 Å². The van der Waals surface area contributed by atoms with Crippen LogP contribution in [-0.4, -0.2) is 28.3 Å². The standard InChI is InChI=1S/C19H26N4O2.ClH/c1-23-19(25)15-10-6-5-9-14(15)16(22-23)11-18(24)21-17(12-20)13-7-3-2-4-8-13;/h5-6,9-10,13,17H,2-4,7-8,11-12,20H2,1H3,(H,21,24);1H. The molecule has 26 heavy (non-hydrogen) atoms. The summed E-state index contributed by atoms with van der Waals surface area (Å²) in [7, 11) is 1.61. The molecule has 0 radical (unpaired) electrons. The van der Waals surface area contributed by atoms with E-state index in [1.165, 1.54) is 23.9 Å². The second-order valence-corrected chi connectivity index (χ2v) is 6.91. The van der Waals surface area contributed by atoms with Gasteiger partial charge in [-0.3, -0.25) is 9.59 Å². The maximum atomic E-state index is 12.6. The summed E-state index contributed by atoms with van der Waals surface area (Å²) in [6, 6.07) is 7.31. The summed E-state index contributed by atoms with van der Waals surface area (Å²) in [6.07, 6.45) is 6.11. The summed E-state index contributed by atoms with van der Waals surface area (Å²) in [5.74, 6) is 0.379. The molecule has 7 heteroatoms. The summed E-state index contributed by atoms with van der Waals surface area (Å²) >= 11 is 0. The third kappa shape index (κ3) is 4.43. The molecule has 0 saturated heterocycles. The van der Waals surface area contributed by atoms with E-state index in [2.05, 4.69) is 10.4 Å². The number of rotatable bonds is 5. The van der Waals surface area contributed by atoms with E-state index in [1.54, 1.807) is 13.1 Å². The summed E-state index contributed by atoms with van der Waals surface area (Å²) in [4.78, 5) is 24.8. The van der Waals surface area contributed by atoms with E-state index < -0.39 is 0 Å². The van der Waals surface area contributed by atoms with Crippen LogP contribution in [0.1, 0.15) is 37.8 Å². The topological polar surface area (TPSA) is 90.0 Å². The average molecular weight is 379 g/mol. The highest BCUT2D eigenvalue weighted by molar-refractivity contribution is 5.88. The van der Waals surface area contributed by atoms with Crippen LogP contribution in [0.4, 0.5) is 0 Å². The van der Waals surface area contributed by atoms with Gasteiger partial charge in [-0.1, -0.05) is 37.5 Å². The number of aromatic nitrogens is 2. The normalized spacial score (nSPS) is 16.1. The van der Waals surface area contributed by atoms with Crippen LogP contribution >= 0.6 is 12.4 Å². The molecular weight excluding hydrogens is 352 g/mol. The van der Waals surface area contributed by atoms with Gasteiger partial charge in [0.1, 0.15) is 0 Å². The molecule has 1 amide bonds. The molecule has 1 aliphatic carbocycles. The molecule has 0 spiro atoms. The Bertz CT molecular complexity index is 815. The summed E-state index contributed by atoms with van der Waals surface area (Å²) in [5.41, 5.74) is 6.37. The highest BCUT2D eigenvalue weighted by atomic mass is 35.5. The van der Waals surface area contributed by atoms with Crippen molar-refractivity contribution in [2.24, 2.45) is 18.7 Å². The quantitative estimate of drug-likeness (QED) is 0.831. The first-order valence-electron chi connectivity index (χ1n) is 9.04. The van der Waals surface area contributed by atoms with Crippen molar-refractivity contribution in [3.63, 3.8) is 0 Å². The Morgan fingerprint density at radius 2 is 1.92 bits per heavy atom. The second-order valence-electron chi connectivity index (χ2n) is 6.91. The van der Waals surface area contributed by atoms with E-state index in [0.29, 0.717) is 23.5 Å². The number of nitrogens with two attached hydrogens (primary N) is 1. The zero-order chi connectivity index (χ0) is 17.8. The molecule has 1 atom stereocenters. The van der Waals surface area contributed by atoms with Crippen molar-refractivity contribution < 1.29 is 4.79 Å². The number of halogens is 1. The van der Waals surface area contributed by atoms with Crippen molar-refractivity contribution in [2.45, 2.75) is 44.6 Å². The Morgan fingerprint density at radius 3 is 2.58 bits per heavy atom. The van der Waals surface area contributed by atoms with Gasteiger partial charge in [0, 0.05) is 25.0 Å². The number of carbonyl (C=O) groups excluding carboxylic acids is 1. The average Bonchev–Trinajstić information content (AvgIpc) is 2.64. The largest absolute Gasteiger partial charge is 0.351 e.